The highest BCUT2D eigenvalue weighted by Crippen LogP contribution is 2.26. The van der Waals surface area contributed by atoms with Crippen LogP contribution in [0.2, 0.25) is 0 Å². The summed E-state index contributed by atoms with van der Waals surface area (Å²) >= 11 is 3.31. The highest BCUT2D eigenvalue weighted by molar-refractivity contribution is 9.10. The van der Waals surface area contributed by atoms with Crippen molar-refractivity contribution in [2.75, 3.05) is 11.9 Å². The minimum Gasteiger partial charge on any atom is -0.492 e. The van der Waals surface area contributed by atoms with Crippen molar-refractivity contribution in [2.24, 2.45) is 0 Å². The lowest BCUT2D eigenvalue weighted by Gasteiger charge is -2.11. The first-order valence-corrected chi connectivity index (χ1v) is 6.88. The summed E-state index contributed by atoms with van der Waals surface area (Å²) in [6.45, 7) is 2.19. The largest absolute Gasteiger partial charge is 0.492 e. The van der Waals surface area contributed by atoms with E-state index in [1.54, 1.807) is 25.1 Å². The van der Waals surface area contributed by atoms with Gasteiger partial charge in [0, 0.05) is 16.1 Å². The summed E-state index contributed by atoms with van der Waals surface area (Å²) < 4.78 is 19.3. The molecule has 0 atom stereocenters. The van der Waals surface area contributed by atoms with E-state index >= 15 is 0 Å². The molecule has 0 radical (unpaired) electrons. The van der Waals surface area contributed by atoms with E-state index in [9.17, 15) is 9.18 Å². The van der Waals surface area contributed by atoms with Gasteiger partial charge in [0.15, 0.2) is 0 Å². The number of carbonyl (C=O) groups is 1. The Balaban J connectivity index is 2.23. The lowest BCUT2D eigenvalue weighted by molar-refractivity contribution is 0.102. The molecular weight excluding hydrogens is 325 g/mol. The molecule has 1 amide bonds. The summed E-state index contributed by atoms with van der Waals surface area (Å²) in [4.78, 5) is 12.1. The van der Waals surface area contributed by atoms with Gasteiger partial charge in [0.2, 0.25) is 0 Å². The predicted molar refractivity (Wildman–Crippen MR) is 79.7 cm³/mol. The second-order valence-electron chi connectivity index (χ2n) is 4.04. The maximum Gasteiger partial charge on any atom is 0.255 e. The first-order valence-electron chi connectivity index (χ1n) is 6.09. The monoisotopic (exact) mass is 337 g/mol. The fraction of sp³-hybridized carbons (Fsp3) is 0.133. The van der Waals surface area contributed by atoms with Crippen molar-refractivity contribution in [3.8, 4) is 5.75 Å². The Bertz CT molecular complexity index is 631. The molecule has 2 aromatic rings. The molecule has 0 heterocycles. The van der Waals surface area contributed by atoms with Crippen LogP contribution in [0, 0.1) is 5.82 Å². The van der Waals surface area contributed by atoms with Gasteiger partial charge in [0.1, 0.15) is 11.6 Å². The van der Waals surface area contributed by atoms with Gasteiger partial charge in [-0.15, -0.1) is 0 Å². The standard InChI is InChI=1S/C15H13BrFNO2/c1-2-20-14-9-12(17)6-7-13(14)18-15(19)10-4-3-5-11(16)8-10/h3-9H,2H2,1H3,(H,18,19). The normalized spacial score (nSPS) is 10.2. The molecule has 2 rings (SSSR count). The van der Waals surface area contributed by atoms with Crippen LogP contribution in [0.5, 0.6) is 5.75 Å². The molecule has 0 aliphatic rings. The number of carbonyl (C=O) groups excluding carboxylic acids is 1. The highest BCUT2D eigenvalue weighted by atomic mass is 79.9. The molecule has 0 aromatic heterocycles. The van der Waals surface area contributed by atoms with Gasteiger partial charge < -0.3 is 10.1 Å². The smallest absolute Gasteiger partial charge is 0.255 e. The van der Waals surface area contributed by atoms with Gasteiger partial charge in [-0.05, 0) is 37.3 Å². The van der Waals surface area contributed by atoms with E-state index in [2.05, 4.69) is 21.2 Å². The van der Waals surface area contributed by atoms with Crippen molar-refractivity contribution in [3.05, 3.63) is 58.3 Å². The van der Waals surface area contributed by atoms with E-state index in [-0.39, 0.29) is 5.91 Å². The van der Waals surface area contributed by atoms with Crippen LogP contribution in [-0.4, -0.2) is 12.5 Å². The number of nitrogens with one attached hydrogen (secondary N) is 1. The fourth-order valence-corrected chi connectivity index (χ4v) is 2.10. The van der Waals surface area contributed by atoms with Gasteiger partial charge in [-0.3, -0.25) is 4.79 Å². The maximum atomic E-state index is 13.2. The quantitative estimate of drug-likeness (QED) is 0.906. The molecule has 5 heteroatoms. The van der Waals surface area contributed by atoms with E-state index in [0.29, 0.717) is 23.6 Å². The Morgan fingerprint density at radius 3 is 2.80 bits per heavy atom. The average molecular weight is 338 g/mol. The zero-order valence-corrected chi connectivity index (χ0v) is 12.4. The molecular formula is C15H13BrFNO2. The third-order valence-electron chi connectivity index (χ3n) is 2.58. The van der Waals surface area contributed by atoms with Crippen molar-refractivity contribution >= 4 is 27.5 Å². The summed E-state index contributed by atoms with van der Waals surface area (Å²) in [5, 5.41) is 2.71. The minimum absolute atomic E-state index is 0.279. The summed E-state index contributed by atoms with van der Waals surface area (Å²) in [5.74, 6) is -0.372. The van der Waals surface area contributed by atoms with Crippen LogP contribution in [0.25, 0.3) is 0 Å². The molecule has 0 bridgehead atoms. The zero-order valence-electron chi connectivity index (χ0n) is 10.8. The average Bonchev–Trinajstić information content (AvgIpc) is 2.42. The number of amides is 1. The topological polar surface area (TPSA) is 38.3 Å². The number of benzene rings is 2. The first-order chi connectivity index (χ1) is 9.60. The first kappa shape index (κ1) is 14.5. The Kier molecular flexibility index (Phi) is 4.74. The molecule has 0 aliphatic carbocycles. The summed E-state index contributed by atoms with van der Waals surface area (Å²) in [7, 11) is 0. The van der Waals surface area contributed by atoms with E-state index in [1.807, 2.05) is 6.07 Å². The van der Waals surface area contributed by atoms with E-state index in [0.717, 1.165) is 4.47 Å². The molecule has 0 unspecified atom stereocenters. The number of hydrogen-bond donors (Lipinski definition) is 1. The van der Waals surface area contributed by atoms with E-state index in [4.69, 9.17) is 4.74 Å². The van der Waals surface area contributed by atoms with Crippen molar-refractivity contribution < 1.29 is 13.9 Å². The molecule has 2 aromatic carbocycles. The third-order valence-corrected chi connectivity index (χ3v) is 3.07. The number of anilines is 1. The van der Waals surface area contributed by atoms with Crippen molar-refractivity contribution in [3.63, 3.8) is 0 Å². The summed E-state index contributed by atoms with van der Waals surface area (Å²) in [6, 6.07) is 11.0. The van der Waals surface area contributed by atoms with Gasteiger partial charge >= 0.3 is 0 Å². The van der Waals surface area contributed by atoms with Crippen LogP contribution in [0.1, 0.15) is 17.3 Å². The Labute approximate surface area is 124 Å². The summed E-state index contributed by atoms with van der Waals surface area (Å²) in [5.41, 5.74) is 0.948. The molecule has 0 spiro atoms. The number of hydrogen-bond acceptors (Lipinski definition) is 2. The van der Waals surface area contributed by atoms with Crippen LogP contribution >= 0.6 is 15.9 Å². The van der Waals surface area contributed by atoms with Crippen LogP contribution < -0.4 is 10.1 Å². The Hall–Kier alpha value is -1.88. The van der Waals surface area contributed by atoms with E-state index < -0.39 is 5.82 Å². The molecule has 20 heavy (non-hydrogen) atoms. The van der Waals surface area contributed by atoms with Gasteiger partial charge in [-0.25, -0.2) is 4.39 Å². The van der Waals surface area contributed by atoms with Gasteiger partial charge in [0.25, 0.3) is 5.91 Å². The molecule has 1 N–H and O–H groups in total. The lowest BCUT2D eigenvalue weighted by atomic mass is 10.2. The fourth-order valence-electron chi connectivity index (χ4n) is 1.70. The predicted octanol–water partition coefficient (Wildman–Crippen LogP) is 4.24. The van der Waals surface area contributed by atoms with Crippen molar-refractivity contribution in [1.29, 1.82) is 0 Å². The number of halogens is 2. The van der Waals surface area contributed by atoms with Gasteiger partial charge in [-0.2, -0.15) is 0 Å². The van der Waals surface area contributed by atoms with Gasteiger partial charge in [-0.1, -0.05) is 22.0 Å². The molecule has 0 aliphatic heterocycles. The SMILES string of the molecule is CCOc1cc(F)ccc1NC(=O)c1cccc(Br)c1. The molecule has 0 fully saturated rings. The second kappa shape index (κ2) is 6.52. The van der Waals surface area contributed by atoms with Crippen LogP contribution in [0.3, 0.4) is 0 Å². The third kappa shape index (κ3) is 3.57. The lowest BCUT2D eigenvalue weighted by Crippen LogP contribution is -2.13. The van der Waals surface area contributed by atoms with Crippen molar-refractivity contribution in [2.45, 2.75) is 6.92 Å². The maximum absolute atomic E-state index is 13.2. The summed E-state index contributed by atoms with van der Waals surface area (Å²) in [6.07, 6.45) is 0. The van der Waals surface area contributed by atoms with Crippen LogP contribution in [-0.2, 0) is 0 Å². The van der Waals surface area contributed by atoms with Crippen LogP contribution in [0.15, 0.2) is 46.9 Å². The molecule has 104 valence electrons. The van der Waals surface area contributed by atoms with E-state index in [1.165, 1.54) is 18.2 Å². The zero-order chi connectivity index (χ0) is 14.5. The van der Waals surface area contributed by atoms with Gasteiger partial charge in [0.05, 0.1) is 12.3 Å². The van der Waals surface area contributed by atoms with Crippen LogP contribution in [0.4, 0.5) is 10.1 Å². The Morgan fingerprint density at radius 1 is 1.30 bits per heavy atom. The van der Waals surface area contributed by atoms with Crippen molar-refractivity contribution in [1.82, 2.24) is 0 Å². The number of ether oxygens (including phenoxy) is 1. The highest BCUT2D eigenvalue weighted by Gasteiger charge is 2.11. The second-order valence-corrected chi connectivity index (χ2v) is 4.95. The minimum atomic E-state index is -0.408. The molecule has 3 nitrogen and oxygen atoms in total. The Morgan fingerprint density at radius 2 is 2.10 bits per heavy atom. The molecule has 0 saturated heterocycles. The molecule has 0 saturated carbocycles. The number of rotatable bonds is 4.